The molecule has 0 bridgehead atoms. The van der Waals surface area contributed by atoms with Gasteiger partial charge in [-0.05, 0) is 36.8 Å². The zero-order chi connectivity index (χ0) is 21.3. The molecule has 30 heavy (non-hydrogen) atoms. The maximum absolute atomic E-state index is 12.8. The number of nitrogens with one attached hydrogen (secondary N) is 1. The van der Waals surface area contributed by atoms with Crippen LogP contribution in [0.4, 0.5) is 15.6 Å². The van der Waals surface area contributed by atoms with Gasteiger partial charge in [0.1, 0.15) is 6.54 Å². The molecule has 1 fully saturated rings. The third-order valence-corrected chi connectivity index (χ3v) is 5.83. The third-order valence-electron chi connectivity index (χ3n) is 4.90. The predicted molar refractivity (Wildman–Crippen MR) is 117 cm³/mol. The first kappa shape index (κ1) is 20.0. The van der Waals surface area contributed by atoms with Crippen LogP contribution in [0.25, 0.3) is 10.2 Å². The summed E-state index contributed by atoms with van der Waals surface area (Å²) in [7, 11) is 3.11. The van der Waals surface area contributed by atoms with Crippen molar-refractivity contribution in [3.8, 4) is 11.5 Å². The van der Waals surface area contributed by atoms with E-state index in [9.17, 15) is 9.59 Å². The van der Waals surface area contributed by atoms with Crippen molar-refractivity contribution in [2.24, 2.45) is 0 Å². The SMILES string of the molecule is COc1ccc(N2CCN(CC(=O)Nc3nc4ccc(C)cc4s3)C2=O)cc1OC. The molecule has 1 saturated heterocycles. The number of benzene rings is 2. The number of urea groups is 1. The fraction of sp³-hybridized carbons (Fsp3) is 0.286. The number of carbonyl (C=O) groups is 2. The second-order valence-corrected chi connectivity index (χ2v) is 7.96. The Bertz CT molecular complexity index is 1110. The van der Waals surface area contributed by atoms with E-state index in [1.807, 2.05) is 25.1 Å². The van der Waals surface area contributed by atoms with Gasteiger partial charge >= 0.3 is 6.03 Å². The Balaban J connectivity index is 1.41. The van der Waals surface area contributed by atoms with E-state index in [2.05, 4.69) is 10.3 Å². The largest absolute Gasteiger partial charge is 0.493 e. The van der Waals surface area contributed by atoms with Crippen LogP contribution >= 0.6 is 11.3 Å². The van der Waals surface area contributed by atoms with Gasteiger partial charge in [0.25, 0.3) is 0 Å². The number of fused-ring (bicyclic) bond motifs is 1. The summed E-state index contributed by atoms with van der Waals surface area (Å²) in [6.45, 7) is 2.93. The Hall–Kier alpha value is -3.33. The zero-order valence-electron chi connectivity index (χ0n) is 17.0. The quantitative estimate of drug-likeness (QED) is 0.652. The smallest absolute Gasteiger partial charge is 0.325 e. The number of aryl methyl sites for hydroxylation is 1. The van der Waals surface area contributed by atoms with E-state index in [0.717, 1.165) is 15.8 Å². The molecule has 3 aromatic rings. The minimum absolute atomic E-state index is 0.0302. The molecule has 1 aliphatic heterocycles. The van der Waals surface area contributed by atoms with Crippen molar-refractivity contribution < 1.29 is 19.1 Å². The van der Waals surface area contributed by atoms with Crippen molar-refractivity contribution >= 4 is 44.3 Å². The summed E-state index contributed by atoms with van der Waals surface area (Å²) < 4.78 is 11.6. The van der Waals surface area contributed by atoms with Gasteiger partial charge in [-0.3, -0.25) is 9.69 Å². The third kappa shape index (κ3) is 3.88. The molecule has 8 nitrogen and oxygen atoms in total. The molecule has 0 radical (unpaired) electrons. The van der Waals surface area contributed by atoms with Crippen LogP contribution in [0.2, 0.25) is 0 Å². The molecule has 0 unspecified atom stereocenters. The first-order valence-electron chi connectivity index (χ1n) is 9.44. The lowest BCUT2D eigenvalue weighted by Gasteiger charge is -2.19. The number of thiazole rings is 1. The highest BCUT2D eigenvalue weighted by Gasteiger charge is 2.31. The van der Waals surface area contributed by atoms with E-state index in [1.165, 1.54) is 16.2 Å². The molecule has 2 aromatic carbocycles. The van der Waals surface area contributed by atoms with Crippen LogP contribution in [0, 0.1) is 6.92 Å². The normalized spacial score (nSPS) is 13.8. The Kier molecular flexibility index (Phi) is 5.45. The minimum atomic E-state index is -0.270. The molecule has 4 rings (SSSR count). The number of hydrogen-bond donors (Lipinski definition) is 1. The van der Waals surface area contributed by atoms with Crippen molar-refractivity contribution in [2.45, 2.75) is 6.92 Å². The fourth-order valence-corrected chi connectivity index (χ4v) is 4.36. The molecule has 1 aliphatic rings. The molecule has 156 valence electrons. The minimum Gasteiger partial charge on any atom is -0.493 e. The van der Waals surface area contributed by atoms with Gasteiger partial charge in [-0.2, -0.15) is 0 Å². The molecule has 9 heteroatoms. The monoisotopic (exact) mass is 426 g/mol. The Morgan fingerprint density at radius 1 is 1.13 bits per heavy atom. The number of amides is 3. The van der Waals surface area contributed by atoms with Crippen LogP contribution in [-0.4, -0.2) is 55.7 Å². The van der Waals surface area contributed by atoms with E-state index >= 15 is 0 Å². The summed E-state index contributed by atoms with van der Waals surface area (Å²) >= 11 is 1.42. The van der Waals surface area contributed by atoms with Crippen molar-refractivity contribution in [1.29, 1.82) is 0 Å². The summed E-state index contributed by atoms with van der Waals surface area (Å²) in [6, 6.07) is 11.0. The van der Waals surface area contributed by atoms with Crippen molar-refractivity contribution in [2.75, 3.05) is 44.1 Å². The standard InChI is InChI=1S/C21H22N4O4S/c1-13-4-6-15-18(10-13)30-20(22-15)23-19(26)12-24-8-9-25(21(24)27)14-5-7-16(28-2)17(11-14)29-3/h4-7,10-11H,8-9,12H2,1-3H3,(H,22,23,26). The van der Waals surface area contributed by atoms with Crippen LogP contribution in [0.15, 0.2) is 36.4 Å². The summed E-state index contributed by atoms with van der Waals surface area (Å²) in [5.74, 6) is 0.869. The average Bonchev–Trinajstić information content (AvgIpc) is 3.29. The van der Waals surface area contributed by atoms with Gasteiger partial charge in [0.05, 0.1) is 24.4 Å². The molecule has 1 N–H and O–H groups in total. The van der Waals surface area contributed by atoms with Gasteiger partial charge in [-0.1, -0.05) is 17.4 Å². The number of hydrogen-bond acceptors (Lipinski definition) is 6. The van der Waals surface area contributed by atoms with Gasteiger partial charge in [-0.15, -0.1) is 0 Å². The zero-order valence-corrected chi connectivity index (χ0v) is 17.8. The summed E-state index contributed by atoms with van der Waals surface area (Å²) in [5, 5.41) is 3.34. The highest BCUT2D eigenvalue weighted by Crippen LogP contribution is 2.33. The molecule has 2 heterocycles. The van der Waals surface area contributed by atoms with E-state index in [-0.39, 0.29) is 18.5 Å². The Morgan fingerprint density at radius 3 is 2.70 bits per heavy atom. The van der Waals surface area contributed by atoms with Crippen molar-refractivity contribution in [3.63, 3.8) is 0 Å². The number of methoxy groups -OCH3 is 2. The number of nitrogens with zero attached hydrogens (tertiary/aromatic N) is 3. The van der Waals surface area contributed by atoms with E-state index in [1.54, 1.807) is 37.3 Å². The second-order valence-electron chi connectivity index (χ2n) is 6.93. The highest BCUT2D eigenvalue weighted by molar-refractivity contribution is 7.22. The van der Waals surface area contributed by atoms with Gasteiger partial charge in [0.15, 0.2) is 16.6 Å². The molecule has 3 amide bonds. The van der Waals surface area contributed by atoms with Gasteiger partial charge in [0.2, 0.25) is 5.91 Å². The van der Waals surface area contributed by atoms with E-state index in [0.29, 0.717) is 35.4 Å². The van der Waals surface area contributed by atoms with Crippen molar-refractivity contribution in [1.82, 2.24) is 9.88 Å². The first-order valence-corrected chi connectivity index (χ1v) is 10.3. The topological polar surface area (TPSA) is 84.0 Å². The summed E-state index contributed by atoms with van der Waals surface area (Å²) in [4.78, 5) is 32.9. The highest BCUT2D eigenvalue weighted by atomic mass is 32.1. The lowest BCUT2D eigenvalue weighted by Crippen LogP contribution is -2.37. The molecule has 0 atom stereocenters. The van der Waals surface area contributed by atoms with Crippen LogP contribution in [-0.2, 0) is 4.79 Å². The van der Waals surface area contributed by atoms with Crippen LogP contribution in [0.5, 0.6) is 11.5 Å². The van der Waals surface area contributed by atoms with Gasteiger partial charge in [-0.25, -0.2) is 9.78 Å². The maximum atomic E-state index is 12.8. The number of carbonyl (C=O) groups excluding carboxylic acids is 2. The summed E-state index contributed by atoms with van der Waals surface area (Å²) in [6.07, 6.45) is 0. The van der Waals surface area contributed by atoms with Crippen LogP contribution in [0.3, 0.4) is 0 Å². The number of ether oxygens (including phenoxy) is 2. The molecule has 0 spiro atoms. The Labute approximate surface area is 178 Å². The van der Waals surface area contributed by atoms with Crippen LogP contribution in [0.1, 0.15) is 5.56 Å². The molecule has 1 aromatic heterocycles. The molecular formula is C21H22N4O4S. The van der Waals surface area contributed by atoms with Gasteiger partial charge in [0, 0.05) is 24.8 Å². The predicted octanol–water partition coefficient (Wildman–Crippen LogP) is 3.50. The molecular weight excluding hydrogens is 404 g/mol. The Morgan fingerprint density at radius 2 is 1.93 bits per heavy atom. The van der Waals surface area contributed by atoms with Gasteiger partial charge < -0.3 is 19.7 Å². The van der Waals surface area contributed by atoms with E-state index in [4.69, 9.17) is 9.47 Å². The molecule has 0 aliphatic carbocycles. The fourth-order valence-electron chi connectivity index (χ4n) is 3.38. The first-order chi connectivity index (χ1) is 14.5. The number of aromatic nitrogens is 1. The van der Waals surface area contributed by atoms with Crippen LogP contribution < -0.4 is 19.7 Å². The van der Waals surface area contributed by atoms with E-state index < -0.39 is 0 Å². The number of rotatable bonds is 6. The maximum Gasteiger partial charge on any atom is 0.325 e. The second kappa shape index (κ2) is 8.19. The summed E-state index contributed by atoms with van der Waals surface area (Å²) in [5.41, 5.74) is 2.68. The van der Waals surface area contributed by atoms with Crippen molar-refractivity contribution in [3.05, 3.63) is 42.0 Å². The lowest BCUT2D eigenvalue weighted by atomic mass is 10.2. The lowest BCUT2D eigenvalue weighted by molar-refractivity contribution is -0.116. The number of anilines is 2. The molecule has 0 saturated carbocycles. The average molecular weight is 426 g/mol.